The first kappa shape index (κ1) is 13.8. The van der Waals surface area contributed by atoms with E-state index in [1.54, 1.807) is 18.2 Å². The molecule has 0 radical (unpaired) electrons. The zero-order valence-electron chi connectivity index (χ0n) is 10.2. The number of hydrogen-bond acceptors (Lipinski definition) is 2. The number of rotatable bonds is 3. The maximum atomic E-state index is 13.8. The van der Waals surface area contributed by atoms with Crippen molar-refractivity contribution in [2.75, 3.05) is 5.32 Å². The molecule has 0 aliphatic carbocycles. The topological polar surface area (TPSA) is 38.0 Å². The predicted molar refractivity (Wildman–Crippen MR) is 81.8 cm³/mol. The summed E-state index contributed by atoms with van der Waals surface area (Å²) >= 11 is 11.0. The van der Waals surface area contributed by atoms with Gasteiger partial charge in [-0.25, -0.2) is 4.39 Å². The molecule has 98 valence electrons. The summed E-state index contributed by atoms with van der Waals surface area (Å²) in [5, 5.41) is 3.65. The molecule has 0 aliphatic rings. The summed E-state index contributed by atoms with van der Waals surface area (Å²) in [6, 6.07) is 10.1. The Bertz CT molecular complexity index is 623. The summed E-state index contributed by atoms with van der Waals surface area (Å²) in [6.07, 6.45) is 0. The van der Waals surface area contributed by atoms with Crippen LogP contribution in [0.15, 0.2) is 36.4 Å². The van der Waals surface area contributed by atoms with E-state index >= 15 is 0 Å². The molecule has 0 bridgehead atoms. The highest BCUT2D eigenvalue weighted by molar-refractivity contribution is 7.80. The molecular weight excluding hydrogens is 283 g/mol. The van der Waals surface area contributed by atoms with E-state index in [0.29, 0.717) is 16.4 Å². The summed E-state index contributed by atoms with van der Waals surface area (Å²) < 4.78 is 13.8. The average molecular weight is 295 g/mol. The van der Waals surface area contributed by atoms with Crippen molar-refractivity contribution in [1.82, 2.24) is 0 Å². The Hall–Kier alpha value is -1.65. The van der Waals surface area contributed by atoms with Crippen LogP contribution in [0.5, 0.6) is 0 Å². The molecule has 3 N–H and O–H groups in total. The van der Waals surface area contributed by atoms with Gasteiger partial charge >= 0.3 is 0 Å². The zero-order chi connectivity index (χ0) is 14.0. The number of para-hydroxylation sites is 1. The fourth-order valence-electron chi connectivity index (χ4n) is 1.80. The van der Waals surface area contributed by atoms with E-state index < -0.39 is 5.82 Å². The van der Waals surface area contributed by atoms with E-state index in [0.717, 1.165) is 5.56 Å². The van der Waals surface area contributed by atoms with Gasteiger partial charge in [-0.1, -0.05) is 42.0 Å². The number of nitrogens with two attached hydrogens (primary N) is 1. The summed E-state index contributed by atoms with van der Waals surface area (Å²) in [5.41, 5.74) is 7.92. The maximum absolute atomic E-state index is 13.8. The van der Waals surface area contributed by atoms with Crippen LogP contribution in [0.25, 0.3) is 0 Å². The SMILES string of the molecule is Cc1cccc(Cl)c1Nc1cccc(F)c1C(N)=S. The van der Waals surface area contributed by atoms with Gasteiger partial charge in [0, 0.05) is 0 Å². The summed E-state index contributed by atoms with van der Waals surface area (Å²) in [6.45, 7) is 1.91. The van der Waals surface area contributed by atoms with Crippen molar-refractivity contribution in [2.45, 2.75) is 6.92 Å². The third-order valence-corrected chi connectivity index (χ3v) is 3.26. The summed E-state index contributed by atoms with van der Waals surface area (Å²) in [4.78, 5) is 0.00491. The lowest BCUT2D eigenvalue weighted by atomic mass is 10.1. The van der Waals surface area contributed by atoms with Gasteiger partial charge in [0.15, 0.2) is 0 Å². The second-order valence-corrected chi connectivity index (χ2v) is 4.93. The highest BCUT2D eigenvalue weighted by Gasteiger charge is 2.13. The minimum atomic E-state index is -0.456. The Morgan fingerprint density at radius 2 is 1.95 bits per heavy atom. The smallest absolute Gasteiger partial charge is 0.135 e. The Morgan fingerprint density at radius 1 is 1.26 bits per heavy atom. The largest absolute Gasteiger partial charge is 0.389 e. The fraction of sp³-hybridized carbons (Fsp3) is 0.0714. The molecule has 0 saturated carbocycles. The molecule has 2 aromatic carbocycles. The molecule has 19 heavy (non-hydrogen) atoms. The average Bonchev–Trinajstić information content (AvgIpc) is 2.33. The normalized spacial score (nSPS) is 10.3. The van der Waals surface area contributed by atoms with Crippen LogP contribution in [0, 0.1) is 12.7 Å². The van der Waals surface area contributed by atoms with Crippen molar-refractivity contribution in [2.24, 2.45) is 5.73 Å². The van der Waals surface area contributed by atoms with Crippen LogP contribution < -0.4 is 11.1 Å². The maximum Gasteiger partial charge on any atom is 0.135 e. The van der Waals surface area contributed by atoms with Crippen LogP contribution in [-0.4, -0.2) is 4.99 Å². The van der Waals surface area contributed by atoms with Crippen molar-refractivity contribution < 1.29 is 4.39 Å². The number of anilines is 2. The van der Waals surface area contributed by atoms with Crippen LogP contribution in [0.1, 0.15) is 11.1 Å². The summed E-state index contributed by atoms with van der Waals surface area (Å²) in [5.74, 6) is -0.456. The molecule has 5 heteroatoms. The molecule has 0 unspecified atom stereocenters. The van der Waals surface area contributed by atoms with Crippen LogP contribution in [0.4, 0.5) is 15.8 Å². The zero-order valence-corrected chi connectivity index (χ0v) is 11.8. The van der Waals surface area contributed by atoms with Crippen molar-refractivity contribution in [1.29, 1.82) is 0 Å². The number of benzene rings is 2. The number of thiocarbonyl (C=S) groups is 1. The van der Waals surface area contributed by atoms with Crippen molar-refractivity contribution >= 4 is 40.2 Å². The van der Waals surface area contributed by atoms with Gasteiger partial charge in [0.25, 0.3) is 0 Å². The summed E-state index contributed by atoms with van der Waals surface area (Å²) in [7, 11) is 0. The highest BCUT2D eigenvalue weighted by atomic mass is 35.5. The van der Waals surface area contributed by atoms with Crippen molar-refractivity contribution in [3.8, 4) is 0 Å². The lowest BCUT2D eigenvalue weighted by Gasteiger charge is -2.15. The number of nitrogens with one attached hydrogen (secondary N) is 1. The monoisotopic (exact) mass is 294 g/mol. The Balaban J connectivity index is 2.50. The lowest BCUT2D eigenvalue weighted by Crippen LogP contribution is -2.14. The van der Waals surface area contributed by atoms with Gasteiger partial charge in [-0.3, -0.25) is 0 Å². The quantitative estimate of drug-likeness (QED) is 0.835. The molecule has 0 aromatic heterocycles. The molecule has 0 amide bonds. The Kier molecular flexibility index (Phi) is 4.02. The van der Waals surface area contributed by atoms with E-state index in [4.69, 9.17) is 29.6 Å². The Morgan fingerprint density at radius 3 is 2.58 bits per heavy atom. The van der Waals surface area contributed by atoms with Gasteiger partial charge in [0.05, 0.1) is 22.0 Å². The second-order valence-electron chi connectivity index (χ2n) is 4.08. The van der Waals surface area contributed by atoms with Gasteiger partial charge in [0.1, 0.15) is 10.8 Å². The van der Waals surface area contributed by atoms with Gasteiger partial charge in [-0.2, -0.15) is 0 Å². The Labute approximate surface area is 121 Å². The van der Waals surface area contributed by atoms with Crippen LogP contribution in [-0.2, 0) is 0 Å². The van der Waals surface area contributed by atoms with Crippen molar-refractivity contribution in [3.63, 3.8) is 0 Å². The molecule has 0 fully saturated rings. The van der Waals surface area contributed by atoms with E-state index in [-0.39, 0.29) is 10.6 Å². The first-order valence-electron chi connectivity index (χ1n) is 5.61. The third-order valence-electron chi connectivity index (χ3n) is 2.74. The van der Waals surface area contributed by atoms with E-state index in [2.05, 4.69) is 5.32 Å². The minimum absolute atomic E-state index is 0.00491. The molecule has 2 rings (SSSR count). The molecular formula is C14H12ClFN2S. The molecule has 0 spiro atoms. The highest BCUT2D eigenvalue weighted by Crippen LogP contribution is 2.30. The predicted octanol–water partition coefficient (Wildman–Crippen LogP) is 4.17. The molecule has 0 heterocycles. The minimum Gasteiger partial charge on any atom is -0.389 e. The number of halogens is 2. The lowest BCUT2D eigenvalue weighted by molar-refractivity contribution is 0.626. The van der Waals surface area contributed by atoms with E-state index in [1.165, 1.54) is 6.07 Å². The first-order chi connectivity index (χ1) is 9.00. The number of hydrogen-bond donors (Lipinski definition) is 2. The van der Waals surface area contributed by atoms with E-state index in [1.807, 2.05) is 19.1 Å². The molecule has 0 aliphatic heterocycles. The van der Waals surface area contributed by atoms with Gasteiger partial charge in [-0.05, 0) is 30.7 Å². The molecule has 0 saturated heterocycles. The van der Waals surface area contributed by atoms with Gasteiger partial charge in [-0.15, -0.1) is 0 Å². The fourth-order valence-corrected chi connectivity index (χ4v) is 2.28. The molecule has 2 aromatic rings. The third kappa shape index (κ3) is 2.85. The van der Waals surface area contributed by atoms with Gasteiger partial charge in [0.2, 0.25) is 0 Å². The first-order valence-corrected chi connectivity index (χ1v) is 6.40. The van der Waals surface area contributed by atoms with Crippen molar-refractivity contribution in [3.05, 3.63) is 58.4 Å². The van der Waals surface area contributed by atoms with Crippen LogP contribution in [0.3, 0.4) is 0 Å². The van der Waals surface area contributed by atoms with E-state index in [9.17, 15) is 4.39 Å². The van der Waals surface area contributed by atoms with Gasteiger partial charge < -0.3 is 11.1 Å². The van der Waals surface area contributed by atoms with Crippen LogP contribution >= 0.6 is 23.8 Å². The number of aryl methyl sites for hydroxylation is 1. The second kappa shape index (κ2) is 5.55. The molecule has 0 atom stereocenters. The molecule has 2 nitrogen and oxygen atoms in total. The standard InChI is InChI=1S/C14H12ClFN2S/c1-8-4-2-5-9(15)13(8)18-11-7-3-6-10(16)12(11)14(17)19/h2-7,18H,1H3,(H2,17,19). The van der Waals surface area contributed by atoms with Crippen LogP contribution in [0.2, 0.25) is 5.02 Å².